The molecule has 0 saturated carbocycles. The van der Waals surface area contributed by atoms with Crippen molar-refractivity contribution in [3.05, 3.63) is 82.5 Å². The molecule has 1 N–H and O–H groups in total. The summed E-state index contributed by atoms with van der Waals surface area (Å²) in [6.45, 7) is 0.230. The number of amides is 1. The fraction of sp³-hybridized carbons (Fsp3) is 0.0870. The molecule has 0 radical (unpaired) electrons. The van der Waals surface area contributed by atoms with Crippen LogP contribution in [0.1, 0.15) is 5.56 Å². The Labute approximate surface area is 171 Å². The molecule has 0 atom stereocenters. The van der Waals surface area contributed by atoms with Gasteiger partial charge in [-0.25, -0.2) is 5.43 Å². The van der Waals surface area contributed by atoms with E-state index < -0.39 is 0 Å². The normalized spacial score (nSPS) is 12.7. The highest BCUT2D eigenvalue weighted by Gasteiger charge is 2.14. The summed E-state index contributed by atoms with van der Waals surface area (Å²) >= 11 is 0. The molecule has 4 aromatic rings. The molecule has 2 heterocycles. The highest BCUT2D eigenvalue weighted by atomic mass is 16.7. The van der Waals surface area contributed by atoms with Crippen LogP contribution in [-0.2, 0) is 11.3 Å². The lowest BCUT2D eigenvalue weighted by molar-refractivity contribution is -0.121. The van der Waals surface area contributed by atoms with Gasteiger partial charge in [0.15, 0.2) is 16.9 Å². The number of carbonyl (C=O) groups is 1. The van der Waals surface area contributed by atoms with Crippen molar-refractivity contribution in [1.82, 2.24) is 9.99 Å². The highest BCUT2D eigenvalue weighted by Crippen LogP contribution is 2.31. The number of para-hydroxylation sites is 2. The Bertz CT molecular complexity index is 1310. The number of benzene rings is 3. The number of carbonyl (C=O) groups excluding carboxylic acids is 1. The first-order chi connectivity index (χ1) is 14.7. The third kappa shape index (κ3) is 3.16. The molecular weight excluding hydrogens is 382 g/mol. The number of fused-ring (bicyclic) bond motifs is 3. The zero-order valence-corrected chi connectivity index (χ0v) is 15.9. The number of pyridine rings is 1. The number of hydrogen-bond acceptors (Lipinski definition) is 5. The second-order valence-corrected chi connectivity index (χ2v) is 6.86. The maximum absolute atomic E-state index is 12.8. The molecule has 30 heavy (non-hydrogen) atoms. The first kappa shape index (κ1) is 17.9. The van der Waals surface area contributed by atoms with Crippen molar-refractivity contribution < 1.29 is 14.3 Å². The minimum Gasteiger partial charge on any atom is -0.454 e. The van der Waals surface area contributed by atoms with Crippen molar-refractivity contribution in [3.63, 3.8) is 0 Å². The van der Waals surface area contributed by atoms with Crippen LogP contribution in [0.15, 0.2) is 76.6 Å². The Morgan fingerprint density at radius 1 is 0.967 bits per heavy atom. The van der Waals surface area contributed by atoms with E-state index >= 15 is 0 Å². The largest absolute Gasteiger partial charge is 0.454 e. The van der Waals surface area contributed by atoms with Gasteiger partial charge < -0.3 is 14.0 Å². The summed E-state index contributed by atoms with van der Waals surface area (Å²) < 4.78 is 12.4. The van der Waals surface area contributed by atoms with E-state index in [-0.39, 0.29) is 24.7 Å². The molecule has 7 nitrogen and oxygen atoms in total. The summed E-state index contributed by atoms with van der Waals surface area (Å²) in [5.41, 5.74) is 4.69. The van der Waals surface area contributed by atoms with Gasteiger partial charge in [0.1, 0.15) is 6.54 Å². The summed E-state index contributed by atoms with van der Waals surface area (Å²) in [6.07, 6.45) is 1.54. The van der Waals surface area contributed by atoms with E-state index in [1.165, 1.54) is 0 Å². The van der Waals surface area contributed by atoms with Gasteiger partial charge in [-0.3, -0.25) is 9.59 Å². The molecule has 0 fully saturated rings. The van der Waals surface area contributed by atoms with Crippen molar-refractivity contribution >= 4 is 33.9 Å². The molecule has 5 rings (SSSR count). The van der Waals surface area contributed by atoms with Gasteiger partial charge in [0.05, 0.1) is 17.2 Å². The molecule has 1 aliphatic rings. The van der Waals surface area contributed by atoms with Gasteiger partial charge in [-0.15, -0.1) is 0 Å². The Hall–Kier alpha value is -4.13. The zero-order chi connectivity index (χ0) is 20.5. The topological polar surface area (TPSA) is 81.9 Å². The number of rotatable bonds is 4. The molecule has 1 aliphatic heterocycles. The van der Waals surface area contributed by atoms with E-state index in [4.69, 9.17) is 9.47 Å². The second kappa shape index (κ2) is 7.36. The maximum Gasteiger partial charge on any atom is 0.260 e. The molecule has 0 aliphatic carbocycles. The first-order valence-electron chi connectivity index (χ1n) is 9.42. The second-order valence-electron chi connectivity index (χ2n) is 6.86. The van der Waals surface area contributed by atoms with Crippen molar-refractivity contribution in [2.24, 2.45) is 5.10 Å². The molecule has 0 unspecified atom stereocenters. The minimum atomic E-state index is -0.300. The molecular formula is C23H17N3O4. The monoisotopic (exact) mass is 399 g/mol. The van der Waals surface area contributed by atoms with Gasteiger partial charge in [-0.2, -0.15) is 5.10 Å². The number of ether oxygens (including phenoxy) is 2. The lowest BCUT2D eigenvalue weighted by Crippen LogP contribution is -2.25. The van der Waals surface area contributed by atoms with Gasteiger partial charge in [-0.05, 0) is 48.0 Å². The van der Waals surface area contributed by atoms with E-state index in [1.54, 1.807) is 30.5 Å². The van der Waals surface area contributed by atoms with E-state index in [1.807, 2.05) is 47.0 Å². The fourth-order valence-electron chi connectivity index (χ4n) is 3.60. The van der Waals surface area contributed by atoms with Crippen LogP contribution in [0, 0.1) is 0 Å². The SMILES string of the molecule is O=C(Cn1c2ccccc2c(=O)c2ccccc21)N/N=C\c1ccc2c(c1)OCO2. The highest BCUT2D eigenvalue weighted by molar-refractivity contribution is 5.95. The number of nitrogens with one attached hydrogen (secondary N) is 1. The van der Waals surface area contributed by atoms with E-state index in [0.717, 1.165) is 5.56 Å². The Balaban J connectivity index is 1.42. The smallest absolute Gasteiger partial charge is 0.260 e. The standard InChI is InChI=1S/C23H17N3O4/c27-22(25-24-12-15-9-10-20-21(11-15)30-14-29-20)13-26-18-7-3-1-5-16(18)23(28)17-6-2-4-8-19(17)26/h1-12H,13-14H2,(H,25,27)/b24-12-. The van der Waals surface area contributed by atoms with Crippen molar-refractivity contribution in [2.45, 2.75) is 6.54 Å². The maximum atomic E-state index is 12.8. The lowest BCUT2D eigenvalue weighted by Gasteiger charge is -2.14. The van der Waals surface area contributed by atoms with Crippen LogP contribution < -0.4 is 20.3 Å². The average Bonchev–Trinajstić information content (AvgIpc) is 3.25. The first-order valence-corrected chi connectivity index (χ1v) is 9.42. The molecule has 0 bridgehead atoms. The summed E-state index contributed by atoms with van der Waals surface area (Å²) in [5, 5.41) is 5.20. The molecule has 1 aromatic heterocycles. The summed E-state index contributed by atoms with van der Waals surface area (Å²) in [5.74, 6) is 1.04. The van der Waals surface area contributed by atoms with Crippen molar-refractivity contribution in [1.29, 1.82) is 0 Å². The summed E-state index contributed by atoms with van der Waals surface area (Å²) in [4.78, 5) is 25.4. The van der Waals surface area contributed by atoms with Crippen LogP contribution in [0.5, 0.6) is 11.5 Å². The van der Waals surface area contributed by atoms with Gasteiger partial charge in [0.2, 0.25) is 6.79 Å². The third-order valence-electron chi connectivity index (χ3n) is 4.98. The van der Waals surface area contributed by atoms with Crippen LogP contribution in [0.3, 0.4) is 0 Å². The number of nitrogens with zero attached hydrogens (tertiary/aromatic N) is 2. The third-order valence-corrected chi connectivity index (χ3v) is 4.98. The zero-order valence-electron chi connectivity index (χ0n) is 15.9. The Morgan fingerprint density at radius 3 is 2.37 bits per heavy atom. The molecule has 0 spiro atoms. The van der Waals surface area contributed by atoms with Crippen LogP contribution >= 0.6 is 0 Å². The number of hydrogen-bond donors (Lipinski definition) is 1. The van der Waals surface area contributed by atoms with Crippen LogP contribution in [0.25, 0.3) is 21.8 Å². The molecule has 148 valence electrons. The quantitative estimate of drug-likeness (QED) is 0.325. The lowest BCUT2D eigenvalue weighted by atomic mass is 10.1. The molecule has 7 heteroatoms. The van der Waals surface area contributed by atoms with Gasteiger partial charge in [-0.1, -0.05) is 24.3 Å². The predicted molar refractivity (Wildman–Crippen MR) is 114 cm³/mol. The molecule has 3 aromatic carbocycles. The number of hydrazone groups is 1. The average molecular weight is 399 g/mol. The van der Waals surface area contributed by atoms with Crippen molar-refractivity contribution in [2.75, 3.05) is 6.79 Å². The van der Waals surface area contributed by atoms with Gasteiger partial charge in [0.25, 0.3) is 5.91 Å². The molecule has 0 saturated heterocycles. The Kier molecular flexibility index (Phi) is 4.40. The van der Waals surface area contributed by atoms with Gasteiger partial charge >= 0.3 is 0 Å². The number of aromatic nitrogens is 1. The Morgan fingerprint density at radius 2 is 1.63 bits per heavy atom. The van der Waals surface area contributed by atoms with Crippen LogP contribution in [-0.4, -0.2) is 23.5 Å². The van der Waals surface area contributed by atoms with Crippen molar-refractivity contribution in [3.8, 4) is 11.5 Å². The molecule has 1 amide bonds. The minimum absolute atomic E-state index is 0.0276. The fourth-order valence-corrected chi connectivity index (χ4v) is 3.60. The van der Waals surface area contributed by atoms with Crippen LogP contribution in [0.2, 0.25) is 0 Å². The summed E-state index contributed by atoms with van der Waals surface area (Å²) in [7, 11) is 0. The van der Waals surface area contributed by atoms with Crippen LogP contribution in [0.4, 0.5) is 0 Å². The van der Waals surface area contributed by atoms with Gasteiger partial charge in [0, 0.05) is 10.8 Å². The predicted octanol–water partition coefficient (Wildman–Crippen LogP) is 3.03. The van der Waals surface area contributed by atoms with E-state index in [0.29, 0.717) is 33.3 Å². The summed E-state index contributed by atoms with van der Waals surface area (Å²) in [6, 6.07) is 20.0. The van der Waals surface area contributed by atoms with E-state index in [2.05, 4.69) is 10.5 Å². The van der Waals surface area contributed by atoms with E-state index in [9.17, 15) is 9.59 Å².